The smallest absolute Gasteiger partial charge is 0.337 e. The molecule has 5 nitrogen and oxygen atoms in total. The molecule has 1 aromatic heterocycles. The Balaban J connectivity index is 1.77. The van der Waals surface area contributed by atoms with Gasteiger partial charge in [0.15, 0.2) is 0 Å². The normalized spacial score (nSPS) is 15.9. The summed E-state index contributed by atoms with van der Waals surface area (Å²) in [5.74, 6) is -0.173. The summed E-state index contributed by atoms with van der Waals surface area (Å²) in [7, 11) is 0. The van der Waals surface area contributed by atoms with Crippen LogP contribution in [0.15, 0.2) is 66.9 Å². The summed E-state index contributed by atoms with van der Waals surface area (Å²) in [5, 5.41) is 19.5. The maximum absolute atomic E-state index is 11.6. The molecule has 0 spiro atoms. The van der Waals surface area contributed by atoms with E-state index in [-0.39, 0.29) is 5.56 Å². The van der Waals surface area contributed by atoms with Gasteiger partial charge in [-0.05, 0) is 55.2 Å². The molecule has 1 aliphatic rings. The van der Waals surface area contributed by atoms with Crippen LogP contribution in [0.1, 0.15) is 66.9 Å². The van der Waals surface area contributed by atoms with E-state index in [2.05, 4.69) is 30.1 Å². The number of rotatable bonds is 7. The van der Waals surface area contributed by atoms with Crippen molar-refractivity contribution < 1.29 is 14.6 Å². The lowest BCUT2D eigenvalue weighted by Gasteiger charge is -2.43. The van der Waals surface area contributed by atoms with Crippen molar-refractivity contribution in [3.63, 3.8) is 0 Å². The summed E-state index contributed by atoms with van der Waals surface area (Å²) < 4.78 is 6.81. The molecule has 1 N–H and O–H groups in total. The fourth-order valence-electron chi connectivity index (χ4n) is 5.09. The number of aromatic carboxylic acids is 1. The first-order valence-electron chi connectivity index (χ1n) is 11.6. The standard InChI is InChI=1S/C28H28N2O3/c1-2-28(22-10-5-3-6-11-22,23-12-7-4-8-13-23)33-25-16-15-20(18-21(25)19-29)26-24(27(31)32)14-9-17-30-26/h3,5-6,9-11,14-18,23H,2,4,7-8,12-13H2,1H3,(H,31,32). The van der Waals surface area contributed by atoms with E-state index >= 15 is 0 Å². The predicted molar refractivity (Wildman–Crippen MR) is 127 cm³/mol. The Labute approximate surface area is 194 Å². The first-order valence-corrected chi connectivity index (χ1v) is 11.6. The molecule has 1 fully saturated rings. The van der Waals surface area contributed by atoms with Gasteiger partial charge >= 0.3 is 5.97 Å². The zero-order valence-electron chi connectivity index (χ0n) is 18.8. The van der Waals surface area contributed by atoms with Crippen molar-refractivity contribution in [2.45, 2.75) is 51.0 Å². The van der Waals surface area contributed by atoms with Crippen molar-refractivity contribution in [1.82, 2.24) is 4.98 Å². The van der Waals surface area contributed by atoms with Gasteiger partial charge in [-0.2, -0.15) is 5.26 Å². The molecular formula is C28H28N2O3. The second kappa shape index (κ2) is 9.87. The fourth-order valence-corrected chi connectivity index (χ4v) is 5.09. The Morgan fingerprint density at radius 3 is 2.55 bits per heavy atom. The molecule has 1 heterocycles. The Morgan fingerprint density at radius 2 is 1.88 bits per heavy atom. The highest BCUT2D eigenvalue weighted by atomic mass is 16.5. The number of benzene rings is 2. The number of nitrogens with zero attached hydrogens (tertiary/aromatic N) is 2. The molecule has 2 aromatic carbocycles. The minimum atomic E-state index is -1.05. The van der Waals surface area contributed by atoms with Crippen LogP contribution in [0.3, 0.4) is 0 Å². The fraction of sp³-hybridized carbons (Fsp3) is 0.321. The van der Waals surface area contributed by atoms with Gasteiger partial charge in [0.25, 0.3) is 0 Å². The zero-order valence-corrected chi connectivity index (χ0v) is 18.8. The number of carboxylic acids is 1. The van der Waals surface area contributed by atoms with Gasteiger partial charge in [-0.3, -0.25) is 4.98 Å². The summed E-state index contributed by atoms with van der Waals surface area (Å²) in [5.41, 5.74) is 2.00. The van der Waals surface area contributed by atoms with Crippen LogP contribution in [0.4, 0.5) is 0 Å². The number of hydrogen-bond donors (Lipinski definition) is 1. The number of pyridine rings is 1. The molecule has 0 saturated heterocycles. The van der Waals surface area contributed by atoms with E-state index in [9.17, 15) is 15.2 Å². The lowest BCUT2D eigenvalue weighted by Crippen LogP contribution is -2.41. The maximum atomic E-state index is 11.6. The largest absolute Gasteiger partial charge is 0.481 e. The van der Waals surface area contributed by atoms with E-state index in [0.717, 1.165) is 24.8 Å². The van der Waals surface area contributed by atoms with Crippen molar-refractivity contribution in [3.05, 3.63) is 83.6 Å². The van der Waals surface area contributed by atoms with Gasteiger partial charge in [0.1, 0.15) is 17.4 Å². The highest BCUT2D eigenvalue weighted by Gasteiger charge is 2.42. The van der Waals surface area contributed by atoms with Crippen molar-refractivity contribution in [1.29, 1.82) is 5.26 Å². The van der Waals surface area contributed by atoms with E-state index in [4.69, 9.17) is 4.74 Å². The summed E-state index contributed by atoms with van der Waals surface area (Å²) in [6.07, 6.45) is 8.15. The summed E-state index contributed by atoms with van der Waals surface area (Å²) in [6, 6.07) is 20.9. The molecule has 0 bridgehead atoms. The first kappa shape index (κ1) is 22.5. The molecule has 0 aliphatic heterocycles. The molecule has 1 aliphatic carbocycles. The van der Waals surface area contributed by atoms with Gasteiger partial charge in [-0.25, -0.2) is 4.79 Å². The third kappa shape index (κ3) is 4.47. The van der Waals surface area contributed by atoms with Crippen molar-refractivity contribution in [2.75, 3.05) is 0 Å². The zero-order chi connectivity index (χ0) is 23.3. The molecule has 168 valence electrons. The van der Waals surface area contributed by atoms with Crippen LogP contribution in [-0.2, 0) is 5.60 Å². The molecule has 1 atom stereocenters. The van der Waals surface area contributed by atoms with E-state index in [0.29, 0.717) is 28.5 Å². The average molecular weight is 441 g/mol. The number of aromatic nitrogens is 1. The van der Waals surface area contributed by atoms with Crippen LogP contribution in [0.5, 0.6) is 5.75 Å². The van der Waals surface area contributed by atoms with E-state index in [1.54, 1.807) is 30.5 Å². The summed E-state index contributed by atoms with van der Waals surface area (Å²) in [6.45, 7) is 2.15. The maximum Gasteiger partial charge on any atom is 0.337 e. The Hall–Kier alpha value is -3.65. The van der Waals surface area contributed by atoms with Crippen LogP contribution in [-0.4, -0.2) is 16.1 Å². The van der Waals surface area contributed by atoms with Gasteiger partial charge in [0.2, 0.25) is 0 Å². The van der Waals surface area contributed by atoms with Gasteiger partial charge < -0.3 is 9.84 Å². The van der Waals surface area contributed by atoms with Crippen LogP contribution in [0.2, 0.25) is 0 Å². The highest BCUT2D eigenvalue weighted by molar-refractivity contribution is 5.94. The van der Waals surface area contributed by atoms with Crippen LogP contribution in [0.25, 0.3) is 11.3 Å². The third-order valence-electron chi connectivity index (χ3n) is 6.76. The van der Waals surface area contributed by atoms with Crippen LogP contribution >= 0.6 is 0 Å². The Kier molecular flexibility index (Phi) is 6.74. The second-order valence-corrected chi connectivity index (χ2v) is 8.57. The lowest BCUT2D eigenvalue weighted by atomic mass is 9.71. The molecule has 5 heteroatoms. The molecule has 0 amide bonds. The van der Waals surface area contributed by atoms with E-state index < -0.39 is 11.6 Å². The number of carbonyl (C=O) groups is 1. The minimum absolute atomic E-state index is 0.101. The Morgan fingerprint density at radius 1 is 1.12 bits per heavy atom. The molecule has 1 unspecified atom stereocenters. The molecule has 1 saturated carbocycles. The Bertz CT molecular complexity index is 1160. The first-order chi connectivity index (χ1) is 16.1. The van der Waals surface area contributed by atoms with Crippen LogP contribution < -0.4 is 4.74 Å². The molecular weight excluding hydrogens is 412 g/mol. The topological polar surface area (TPSA) is 83.2 Å². The predicted octanol–water partition coefficient (Wildman–Crippen LogP) is 6.58. The third-order valence-corrected chi connectivity index (χ3v) is 6.76. The van der Waals surface area contributed by atoms with Crippen LogP contribution in [0, 0.1) is 17.2 Å². The number of nitriles is 1. The van der Waals surface area contributed by atoms with Gasteiger partial charge in [-0.1, -0.05) is 56.5 Å². The van der Waals surface area contributed by atoms with E-state index in [1.165, 1.54) is 25.3 Å². The van der Waals surface area contributed by atoms with Crippen molar-refractivity contribution >= 4 is 5.97 Å². The summed E-state index contributed by atoms with van der Waals surface area (Å²) in [4.78, 5) is 15.9. The molecule has 0 radical (unpaired) electrons. The van der Waals surface area contributed by atoms with Gasteiger partial charge in [-0.15, -0.1) is 0 Å². The quantitative estimate of drug-likeness (QED) is 0.448. The second-order valence-electron chi connectivity index (χ2n) is 8.57. The number of ether oxygens (including phenoxy) is 1. The van der Waals surface area contributed by atoms with Crippen molar-refractivity contribution in [3.8, 4) is 23.1 Å². The summed E-state index contributed by atoms with van der Waals surface area (Å²) >= 11 is 0. The lowest BCUT2D eigenvalue weighted by molar-refractivity contribution is -0.0174. The van der Waals surface area contributed by atoms with Gasteiger partial charge in [0, 0.05) is 17.7 Å². The number of hydrogen-bond acceptors (Lipinski definition) is 4. The van der Waals surface area contributed by atoms with Crippen molar-refractivity contribution in [2.24, 2.45) is 5.92 Å². The highest BCUT2D eigenvalue weighted by Crippen LogP contribution is 2.45. The molecule has 3 aromatic rings. The SMILES string of the molecule is CCC(Oc1ccc(-c2ncccc2C(=O)O)cc1C#N)(c1ccccc1)C1CCCCC1. The minimum Gasteiger partial charge on any atom is -0.481 e. The van der Waals surface area contributed by atoms with Gasteiger partial charge in [0.05, 0.1) is 16.8 Å². The number of carboxylic acid groups (broad SMARTS) is 1. The molecule has 4 rings (SSSR count). The van der Waals surface area contributed by atoms with E-state index in [1.807, 2.05) is 18.2 Å². The molecule has 33 heavy (non-hydrogen) atoms. The monoisotopic (exact) mass is 440 g/mol. The average Bonchev–Trinajstić information content (AvgIpc) is 2.88.